The summed E-state index contributed by atoms with van der Waals surface area (Å²) >= 11 is 2.21. The maximum atomic E-state index is 10.8. The minimum atomic E-state index is -1.22. The summed E-state index contributed by atoms with van der Waals surface area (Å²) < 4.78 is 4.43. The fourth-order valence-corrected chi connectivity index (χ4v) is 2.55. The van der Waals surface area contributed by atoms with Crippen LogP contribution in [0.4, 0.5) is 0 Å². The Kier molecular flexibility index (Phi) is 3.97. The van der Waals surface area contributed by atoms with Crippen LogP contribution in [0.5, 0.6) is 0 Å². The summed E-state index contributed by atoms with van der Waals surface area (Å²) in [5.74, 6) is -1.49. The molecule has 1 aromatic rings. The fraction of sp³-hybridized carbons (Fsp3) is 0.250. The molecule has 0 bridgehead atoms. The molecular weight excluding hydrogens is 224 g/mol. The molecule has 0 radical (unpaired) electrons. The van der Waals surface area contributed by atoms with E-state index >= 15 is 0 Å². The molecule has 0 amide bonds. The molecule has 0 atom stereocenters. The van der Waals surface area contributed by atoms with E-state index in [4.69, 9.17) is 0 Å². The number of carbonyl (C=O) groups excluding carboxylic acids is 2. The van der Waals surface area contributed by atoms with Gasteiger partial charge in [-0.2, -0.15) is 0 Å². The predicted octanol–water partition coefficient (Wildman–Crippen LogP) is 0.377. The van der Waals surface area contributed by atoms with Crippen molar-refractivity contribution in [2.75, 3.05) is 12.9 Å². The topological polar surface area (TPSA) is 66.4 Å². The van der Waals surface area contributed by atoms with E-state index in [9.17, 15) is 14.7 Å². The Morgan fingerprint density at radius 1 is 1.64 bits per heavy atom. The minimum Gasteiger partial charge on any atom is -0.544 e. The monoisotopic (exact) mass is 231 g/mol. The van der Waals surface area contributed by atoms with Crippen LogP contribution in [0.2, 0.25) is 0 Å². The lowest BCUT2D eigenvalue weighted by Crippen LogP contribution is -2.21. The molecule has 0 unspecified atom stereocenters. The number of methoxy groups -OCH3 is 1. The van der Waals surface area contributed by atoms with Gasteiger partial charge in [0, 0.05) is 4.90 Å². The van der Waals surface area contributed by atoms with Gasteiger partial charge >= 0.3 is 5.97 Å². The van der Waals surface area contributed by atoms with Crippen LogP contribution >= 0.6 is 23.1 Å². The quantitative estimate of drug-likeness (QED) is 0.553. The lowest BCUT2D eigenvalue weighted by Gasteiger charge is -2.02. The molecule has 6 heteroatoms. The van der Waals surface area contributed by atoms with Gasteiger partial charge in [-0.15, -0.1) is 23.1 Å². The highest BCUT2D eigenvalue weighted by molar-refractivity contribution is 8.00. The van der Waals surface area contributed by atoms with Crippen LogP contribution in [0, 0.1) is 0 Å². The average Bonchev–Trinajstić information content (AvgIpc) is 2.62. The van der Waals surface area contributed by atoms with E-state index in [2.05, 4.69) is 4.74 Å². The Morgan fingerprint density at radius 2 is 2.36 bits per heavy atom. The molecule has 0 aliphatic rings. The molecule has 76 valence electrons. The number of carboxylic acid groups (broad SMARTS) is 1. The standard InChI is InChI=1S/C8H8O4S2/c1-12-6(9)4-14-5-2-3-13-7(5)8(10)11/h2-3H,4H2,1H3,(H,10,11)/p-1. The summed E-state index contributed by atoms with van der Waals surface area (Å²) in [5.41, 5.74) is 0. The SMILES string of the molecule is COC(=O)CSc1ccsc1C(=O)[O-]. The maximum absolute atomic E-state index is 10.8. The smallest absolute Gasteiger partial charge is 0.315 e. The number of thioether (sulfide) groups is 1. The molecule has 4 nitrogen and oxygen atoms in total. The predicted molar refractivity (Wildman–Crippen MR) is 51.4 cm³/mol. The van der Waals surface area contributed by atoms with Crippen molar-refractivity contribution in [1.82, 2.24) is 0 Å². The second-order valence-electron chi connectivity index (χ2n) is 2.27. The molecule has 0 N–H and O–H groups in total. The zero-order valence-electron chi connectivity index (χ0n) is 7.31. The van der Waals surface area contributed by atoms with Crippen molar-refractivity contribution in [2.45, 2.75) is 4.90 Å². The van der Waals surface area contributed by atoms with Crippen molar-refractivity contribution in [3.8, 4) is 0 Å². The Balaban J connectivity index is 2.63. The van der Waals surface area contributed by atoms with E-state index in [0.29, 0.717) is 4.90 Å². The first kappa shape index (κ1) is 11.1. The van der Waals surface area contributed by atoms with Crippen LogP contribution < -0.4 is 5.11 Å². The van der Waals surface area contributed by atoms with Gasteiger partial charge in [-0.1, -0.05) is 0 Å². The number of aromatic carboxylic acids is 1. The Labute approximate surface area is 88.9 Å². The Hall–Kier alpha value is -1.01. The molecule has 1 heterocycles. The van der Waals surface area contributed by atoms with Crippen LogP contribution in [-0.4, -0.2) is 24.8 Å². The molecule has 1 aromatic heterocycles. The van der Waals surface area contributed by atoms with Crippen molar-refractivity contribution in [3.05, 3.63) is 16.3 Å². The number of thiophene rings is 1. The normalized spacial score (nSPS) is 9.79. The third kappa shape index (κ3) is 2.74. The van der Waals surface area contributed by atoms with Gasteiger partial charge in [0.2, 0.25) is 0 Å². The van der Waals surface area contributed by atoms with Crippen LogP contribution in [0.1, 0.15) is 9.67 Å². The molecule has 1 rings (SSSR count). The lowest BCUT2D eigenvalue weighted by molar-refractivity contribution is -0.254. The number of ether oxygens (including phenoxy) is 1. The highest BCUT2D eigenvalue weighted by Crippen LogP contribution is 2.26. The second kappa shape index (κ2) is 5.02. The highest BCUT2D eigenvalue weighted by atomic mass is 32.2. The summed E-state index contributed by atoms with van der Waals surface area (Å²) in [6, 6.07) is 1.64. The first-order valence-electron chi connectivity index (χ1n) is 3.63. The van der Waals surface area contributed by atoms with Gasteiger partial charge in [-0.25, -0.2) is 0 Å². The van der Waals surface area contributed by atoms with E-state index in [0.717, 1.165) is 23.1 Å². The molecule has 0 aliphatic carbocycles. The maximum Gasteiger partial charge on any atom is 0.315 e. The number of carboxylic acids is 1. The van der Waals surface area contributed by atoms with Crippen molar-refractivity contribution >= 4 is 35.0 Å². The third-order valence-corrected chi connectivity index (χ3v) is 3.44. The lowest BCUT2D eigenvalue weighted by atomic mass is 10.5. The second-order valence-corrected chi connectivity index (χ2v) is 4.20. The van der Waals surface area contributed by atoms with Gasteiger partial charge in [0.1, 0.15) is 0 Å². The Morgan fingerprint density at radius 3 is 2.93 bits per heavy atom. The zero-order chi connectivity index (χ0) is 10.6. The van der Waals surface area contributed by atoms with E-state index in [1.165, 1.54) is 7.11 Å². The number of rotatable bonds is 4. The third-order valence-electron chi connectivity index (χ3n) is 1.39. The summed E-state index contributed by atoms with van der Waals surface area (Å²) in [5, 5.41) is 12.2. The van der Waals surface area contributed by atoms with E-state index in [1.807, 2.05) is 0 Å². The van der Waals surface area contributed by atoms with Crippen LogP contribution in [0.3, 0.4) is 0 Å². The van der Waals surface area contributed by atoms with Gasteiger partial charge in [0.05, 0.1) is 23.7 Å². The zero-order valence-corrected chi connectivity index (χ0v) is 8.94. The molecule has 0 aromatic carbocycles. The molecule has 0 fully saturated rings. The molecule has 0 aliphatic heterocycles. The van der Waals surface area contributed by atoms with Crippen molar-refractivity contribution < 1.29 is 19.4 Å². The average molecular weight is 231 g/mol. The summed E-state index contributed by atoms with van der Waals surface area (Å²) in [7, 11) is 1.29. The van der Waals surface area contributed by atoms with Crippen LogP contribution in [0.15, 0.2) is 16.3 Å². The van der Waals surface area contributed by atoms with Crippen LogP contribution in [-0.2, 0) is 9.53 Å². The van der Waals surface area contributed by atoms with Crippen molar-refractivity contribution in [1.29, 1.82) is 0 Å². The van der Waals surface area contributed by atoms with E-state index in [-0.39, 0.29) is 16.6 Å². The van der Waals surface area contributed by atoms with Gasteiger partial charge in [-0.05, 0) is 11.4 Å². The molecule has 0 spiro atoms. The number of esters is 1. The van der Waals surface area contributed by atoms with E-state index < -0.39 is 5.97 Å². The largest absolute Gasteiger partial charge is 0.544 e. The van der Waals surface area contributed by atoms with E-state index in [1.54, 1.807) is 11.4 Å². The fourth-order valence-electron chi connectivity index (χ4n) is 0.756. The number of carbonyl (C=O) groups is 2. The molecule has 0 saturated carbocycles. The summed E-state index contributed by atoms with van der Waals surface area (Å²) in [6.07, 6.45) is 0. The highest BCUT2D eigenvalue weighted by Gasteiger charge is 2.08. The van der Waals surface area contributed by atoms with Gasteiger partial charge < -0.3 is 14.6 Å². The first-order chi connectivity index (χ1) is 6.65. The summed E-state index contributed by atoms with van der Waals surface area (Å²) in [4.78, 5) is 22.0. The van der Waals surface area contributed by atoms with Crippen LogP contribution in [0.25, 0.3) is 0 Å². The van der Waals surface area contributed by atoms with Crippen molar-refractivity contribution in [2.24, 2.45) is 0 Å². The number of hydrogen-bond acceptors (Lipinski definition) is 6. The van der Waals surface area contributed by atoms with Gasteiger partial charge in [0.25, 0.3) is 0 Å². The molecular formula is C8H7O4S2-. The van der Waals surface area contributed by atoms with Gasteiger partial charge in [-0.3, -0.25) is 4.79 Å². The van der Waals surface area contributed by atoms with Gasteiger partial charge in [0.15, 0.2) is 0 Å². The molecule has 0 saturated heterocycles. The summed E-state index contributed by atoms with van der Waals surface area (Å²) in [6.45, 7) is 0. The minimum absolute atomic E-state index is 0.105. The first-order valence-corrected chi connectivity index (χ1v) is 5.50. The molecule has 14 heavy (non-hydrogen) atoms. The Bertz CT molecular complexity index is 345. The number of hydrogen-bond donors (Lipinski definition) is 0. The van der Waals surface area contributed by atoms with Crippen molar-refractivity contribution in [3.63, 3.8) is 0 Å².